The van der Waals surface area contributed by atoms with Gasteiger partial charge in [0, 0.05) is 42.5 Å². The molecule has 3 rings (SSSR count). The van der Waals surface area contributed by atoms with E-state index in [0.29, 0.717) is 17.3 Å². The van der Waals surface area contributed by atoms with Gasteiger partial charge < -0.3 is 4.90 Å². The Morgan fingerprint density at radius 2 is 2.13 bits per heavy atom. The molecule has 0 bridgehead atoms. The minimum atomic E-state index is -0.396. The molecule has 1 atom stereocenters. The molecule has 0 aliphatic carbocycles. The molecule has 0 unspecified atom stereocenters. The van der Waals surface area contributed by atoms with Gasteiger partial charge in [-0.1, -0.05) is 19.1 Å². The second-order valence-electron chi connectivity index (χ2n) is 6.19. The third-order valence-electron chi connectivity index (χ3n) is 4.14. The van der Waals surface area contributed by atoms with Crippen LogP contribution in [0.25, 0.3) is 11.4 Å². The Morgan fingerprint density at radius 3 is 2.87 bits per heavy atom. The lowest BCUT2D eigenvalue weighted by Gasteiger charge is -2.32. The van der Waals surface area contributed by atoms with E-state index < -0.39 is 4.92 Å². The topological polar surface area (TPSA) is 72.2 Å². The first-order valence-corrected chi connectivity index (χ1v) is 7.88. The summed E-state index contributed by atoms with van der Waals surface area (Å²) in [5.74, 6) is 2.10. The van der Waals surface area contributed by atoms with Crippen molar-refractivity contribution in [2.75, 3.05) is 18.0 Å². The summed E-state index contributed by atoms with van der Waals surface area (Å²) >= 11 is 0. The van der Waals surface area contributed by atoms with Gasteiger partial charge in [-0.3, -0.25) is 10.1 Å². The van der Waals surface area contributed by atoms with Crippen molar-refractivity contribution in [3.8, 4) is 11.4 Å². The third kappa shape index (κ3) is 3.47. The van der Waals surface area contributed by atoms with Crippen LogP contribution in [0, 0.1) is 23.0 Å². The van der Waals surface area contributed by atoms with Crippen molar-refractivity contribution in [2.45, 2.75) is 26.7 Å². The van der Waals surface area contributed by atoms with Crippen LogP contribution in [0.4, 0.5) is 11.5 Å². The van der Waals surface area contributed by atoms with Crippen LogP contribution in [0.5, 0.6) is 0 Å². The van der Waals surface area contributed by atoms with Gasteiger partial charge in [0.1, 0.15) is 5.82 Å². The standard InChI is InChI=1S/C17H20N4O2/c1-12-5-4-8-20(11-12)16-9-13(2)18-17(19-16)14-6-3-7-15(10-14)21(22)23/h3,6-7,9-10,12H,4-5,8,11H2,1-2H3/t12-/m1/s1. The quantitative estimate of drug-likeness (QED) is 0.639. The van der Waals surface area contributed by atoms with Gasteiger partial charge in [-0.15, -0.1) is 0 Å². The van der Waals surface area contributed by atoms with Crippen molar-refractivity contribution in [3.63, 3.8) is 0 Å². The molecular formula is C17H20N4O2. The molecule has 1 aliphatic heterocycles. The van der Waals surface area contributed by atoms with E-state index in [9.17, 15) is 10.1 Å². The molecule has 1 aliphatic rings. The molecule has 0 spiro atoms. The van der Waals surface area contributed by atoms with Crippen molar-refractivity contribution in [1.82, 2.24) is 9.97 Å². The normalized spacial score (nSPS) is 18.0. The van der Waals surface area contributed by atoms with Crippen molar-refractivity contribution >= 4 is 11.5 Å². The van der Waals surface area contributed by atoms with Crippen LogP contribution in [0.15, 0.2) is 30.3 Å². The molecule has 2 heterocycles. The summed E-state index contributed by atoms with van der Waals surface area (Å²) in [6.45, 7) is 6.17. The fourth-order valence-corrected chi connectivity index (χ4v) is 3.00. The SMILES string of the molecule is Cc1cc(N2CCC[C@@H](C)C2)nc(-c2cccc([N+](=O)[O-])c2)n1. The number of aryl methyl sites for hydroxylation is 1. The number of rotatable bonds is 3. The first-order valence-electron chi connectivity index (χ1n) is 7.88. The Kier molecular flexibility index (Phi) is 4.23. The van der Waals surface area contributed by atoms with Gasteiger partial charge in [-0.05, 0) is 25.7 Å². The highest BCUT2D eigenvalue weighted by molar-refractivity contribution is 5.61. The molecule has 0 saturated carbocycles. The highest BCUT2D eigenvalue weighted by Crippen LogP contribution is 2.26. The maximum Gasteiger partial charge on any atom is 0.270 e. The zero-order valence-corrected chi connectivity index (χ0v) is 13.4. The van der Waals surface area contributed by atoms with Crippen LogP contribution in [0.2, 0.25) is 0 Å². The van der Waals surface area contributed by atoms with E-state index in [-0.39, 0.29) is 5.69 Å². The Balaban J connectivity index is 1.97. The monoisotopic (exact) mass is 312 g/mol. The van der Waals surface area contributed by atoms with E-state index in [1.165, 1.54) is 18.6 Å². The number of anilines is 1. The van der Waals surface area contributed by atoms with Gasteiger partial charge in [0.25, 0.3) is 5.69 Å². The molecule has 1 aromatic heterocycles. The number of benzene rings is 1. The van der Waals surface area contributed by atoms with Gasteiger partial charge in [-0.25, -0.2) is 9.97 Å². The van der Waals surface area contributed by atoms with Crippen molar-refractivity contribution in [1.29, 1.82) is 0 Å². The van der Waals surface area contributed by atoms with Crippen LogP contribution < -0.4 is 4.90 Å². The predicted molar refractivity (Wildman–Crippen MR) is 89.5 cm³/mol. The number of piperidine rings is 1. The summed E-state index contributed by atoms with van der Waals surface area (Å²) in [5.41, 5.74) is 1.60. The third-order valence-corrected chi connectivity index (χ3v) is 4.14. The Labute approximate surface area is 135 Å². The van der Waals surface area contributed by atoms with Crippen molar-refractivity contribution < 1.29 is 4.92 Å². The lowest BCUT2D eigenvalue weighted by Crippen LogP contribution is -2.35. The van der Waals surface area contributed by atoms with E-state index in [0.717, 1.165) is 31.0 Å². The average Bonchev–Trinajstić information content (AvgIpc) is 2.54. The smallest absolute Gasteiger partial charge is 0.270 e. The summed E-state index contributed by atoms with van der Waals surface area (Å²) < 4.78 is 0. The Hall–Kier alpha value is -2.50. The van der Waals surface area contributed by atoms with E-state index in [1.54, 1.807) is 6.07 Å². The molecule has 2 aromatic rings. The highest BCUT2D eigenvalue weighted by Gasteiger charge is 2.19. The van der Waals surface area contributed by atoms with Crippen molar-refractivity contribution in [2.24, 2.45) is 5.92 Å². The average molecular weight is 312 g/mol. The lowest BCUT2D eigenvalue weighted by atomic mass is 10.0. The number of nitro groups is 1. The maximum absolute atomic E-state index is 11.0. The number of hydrogen-bond donors (Lipinski definition) is 0. The zero-order valence-electron chi connectivity index (χ0n) is 13.4. The summed E-state index contributed by atoms with van der Waals surface area (Å²) in [6.07, 6.45) is 2.41. The van der Waals surface area contributed by atoms with E-state index in [4.69, 9.17) is 0 Å². The first kappa shape index (κ1) is 15.4. The van der Waals surface area contributed by atoms with E-state index >= 15 is 0 Å². The minimum absolute atomic E-state index is 0.0563. The minimum Gasteiger partial charge on any atom is -0.356 e. The fourth-order valence-electron chi connectivity index (χ4n) is 3.00. The molecule has 1 fully saturated rings. The number of non-ortho nitro benzene ring substituents is 1. The van der Waals surface area contributed by atoms with Gasteiger partial charge in [0.2, 0.25) is 0 Å². The molecule has 1 aromatic carbocycles. The lowest BCUT2D eigenvalue weighted by molar-refractivity contribution is -0.384. The van der Waals surface area contributed by atoms with Gasteiger partial charge in [0.05, 0.1) is 4.92 Å². The van der Waals surface area contributed by atoms with Gasteiger partial charge >= 0.3 is 0 Å². The molecular weight excluding hydrogens is 292 g/mol. The summed E-state index contributed by atoms with van der Waals surface area (Å²) in [4.78, 5) is 22.0. The second kappa shape index (κ2) is 6.32. The largest absolute Gasteiger partial charge is 0.356 e. The first-order chi connectivity index (χ1) is 11.0. The molecule has 23 heavy (non-hydrogen) atoms. The second-order valence-corrected chi connectivity index (χ2v) is 6.19. The van der Waals surface area contributed by atoms with Crippen molar-refractivity contribution in [3.05, 3.63) is 46.1 Å². The van der Waals surface area contributed by atoms with Crippen LogP contribution in [0.3, 0.4) is 0 Å². The predicted octanol–water partition coefficient (Wildman–Crippen LogP) is 3.60. The Morgan fingerprint density at radius 1 is 1.30 bits per heavy atom. The highest BCUT2D eigenvalue weighted by atomic mass is 16.6. The zero-order chi connectivity index (χ0) is 16.4. The summed E-state index contributed by atoms with van der Waals surface area (Å²) in [5, 5.41) is 11.0. The fraction of sp³-hybridized carbons (Fsp3) is 0.412. The van der Waals surface area contributed by atoms with Crippen LogP contribution in [-0.4, -0.2) is 28.0 Å². The van der Waals surface area contributed by atoms with Crippen LogP contribution in [0.1, 0.15) is 25.5 Å². The van der Waals surface area contributed by atoms with Gasteiger partial charge in [0.15, 0.2) is 5.82 Å². The summed E-state index contributed by atoms with van der Waals surface area (Å²) in [6, 6.07) is 8.47. The molecule has 1 saturated heterocycles. The van der Waals surface area contributed by atoms with E-state index in [2.05, 4.69) is 21.8 Å². The number of nitrogens with zero attached hydrogens (tertiary/aromatic N) is 4. The molecule has 6 heteroatoms. The number of aromatic nitrogens is 2. The van der Waals surface area contributed by atoms with E-state index in [1.807, 2.05) is 19.1 Å². The van der Waals surface area contributed by atoms with Crippen LogP contribution in [-0.2, 0) is 0 Å². The molecule has 0 amide bonds. The maximum atomic E-state index is 11.0. The molecule has 0 N–H and O–H groups in total. The van der Waals surface area contributed by atoms with Crippen LogP contribution >= 0.6 is 0 Å². The molecule has 6 nitrogen and oxygen atoms in total. The Bertz CT molecular complexity index is 732. The number of hydrogen-bond acceptors (Lipinski definition) is 5. The summed E-state index contributed by atoms with van der Waals surface area (Å²) in [7, 11) is 0. The number of nitro benzene ring substituents is 1. The molecule has 0 radical (unpaired) electrons. The van der Waals surface area contributed by atoms with Gasteiger partial charge in [-0.2, -0.15) is 0 Å². The molecule has 120 valence electrons.